The van der Waals surface area contributed by atoms with Crippen LogP contribution in [0, 0.1) is 0 Å². The van der Waals surface area contributed by atoms with Crippen LogP contribution in [0.2, 0.25) is 0 Å². The van der Waals surface area contributed by atoms with Crippen LogP contribution in [-0.2, 0) is 0 Å². The molecular formula is C18H29BrN2. The van der Waals surface area contributed by atoms with Gasteiger partial charge in [0.15, 0.2) is 0 Å². The molecule has 0 aromatic heterocycles. The third-order valence-electron chi connectivity index (χ3n) is 4.63. The molecule has 118 valence electrons. The van der Waals surface area contributed by atoms with E-state index in [2.05, 4.69) is 64.3 Å². The van der Waals surface area contributed by atoms with Crippen LogP contribution in [0.25, 0.3) is 0 Å². The van der Waals surface area contributed by atoms with Crippen molar-refractivity contribution in [1.29, 1.82) is 0 Å². The smallest absolute Gasteiger partial charge is 0.0332 e. The van der Waals surface area contributed by atoms with E-state index in [0.29, 0.717) is 6.04 Å². The highest BCUT2D eigenvalue weighted by molar-refractivity contribution is 9.10. The van der Waals surface area contributed by atoms with Crippen LogP contribution in [-0.4, -0.2) is 30.6 Å². The second-order valence-corrected chi connectivity index (χ2v) is 6.96. The van der Waals surface area contributed by atoms with Crippen molar-refractivity contribution in [2.45, 2.75) is 58.0 Å². The molecule has 2 atom stereocenters. The maximum Gasteiger partial charge on any atom is 0.0332 e. The minimum atomic E-state index is 0.465. The van der Waals surface area contributed by atoms with Gasteiger partial charge in [0.1, 0.15) is 0 Å². The van der Waals surface area contributed by atoms with Crippen molar-refractivity contribution in [3.05, 3.63) is 34.3 Å². The Morgan fingerprint density at radius 1 is 1.33 bits per heavy atom. The first-order chi connectivity index (χ1) is 10.2. The number of nitrogens with one attached hydrogen (secondary N) is 1. The normalized spacial score (nSPS) is 21.4. The molecule has 1 N–H and O–H groups in total. The largest absolute Gasteiger partial charge is 0.310 e. The third-order valence-corrected chi connectivity index (χ3v) is 5.12. The summed E-state index contributed by atoms with van der Waals surface area (Å²) in [4.78, 5) is 2.71. The van der Waals surface area contributed by atoms with E-state index in [-0.39, 0.29) is 0 Å². The molecule has 1 fully saturated rings. The Morgan fingerprint density at radius 3 is 2.90 bits per heavy atom. The second kappa shape index (κ2) is 8.92. The number of halogens is 1. The van der Waals surface area contributed by atoms with Gasteiger partial charge in [-0.05, 0) is 56.5 Å². The van der Waals surface area contributed by atoms with E-state index in [9.17, 15) is 0 Å². The number of piperidine rings is 1. The summed E-state index contributed by atoms with van der Waals surface area (Å²) in [5.74, 6) is 0. The summed E-state index contributed by atoms with van der Waals surface area (Å²) in [5, 5.41) is 3.65. The molecule has 21 heavy (non-hydrogen) atoms. The molecule has 0 amide bonds. The van der Waals surface area contributed by atoms with Gasteiger partial charge in [-0.3, -0.25) is 0 Å². The predicted molar refractivity (Wildman–Crippen MR) is 94.7 cm³/mol. The van der Waals surface area contributed by atoms with E-state index in [4.69, 9.17) is 0 Å². The summed E-state index contributed by atoms with van der Waals surface area (Å²) in [6, 6.07) is 10.0. The predicted octanol–water partition coefficient (Wildman–Crippen LogP) is 4.75. The summed E-state index contributed by atoms with van der Waals surface area (Å²) in [7, 11) is 0. The zero-order chi connectivity index (χ0) is 15.1. The van der Waals surface area contributed by atoms with Crippen molar-refractivity contribution in [2.75, 3.05) is 19.6 Å². The lowest BCUT2D eigenvalue weighted by Crippen LogP contribution is -2.40. The van der Waals surface area contributed by atoms with Crippen molar-refractivity contribution < 1.29 is 0 Å². The van der Waals surface area contributed by atoms with Crippen LogP contribution in [0.3, 0.4) is 0 Å². The van der Waals surface area contributed by atoms with Gasteiger partial charge in [0.2, 0.25) is 0 Å². The van der Waals surface area contributed by atoms with Gasteiger partial charge >= 0.3 is 0 Å². The van der Waals surface area contributed by atoms with Crippen LogP contribution < -0.4 is 5.32 Å². The van der Waals surface area contributed by atoms with Crippen LogP contribution in [0.4, 0.5) is 0 Å². The average molecular weight is 353 g/mol. The molecule has 3 heteroatoms. The van der Waals surface area contributed by atoms with E-state index < -0.39 is 0 Å². The van der Waals surface area contributed by atoms with E-state index in [1.165, 1.54) is 55.2 Å². The summed E-state index contributed by atoms with van der Waals surface area (Å²) in [6.07, 6.45) is 6.67. The maximum absolute atomic E-state index is 3.65. The summed E-state index contributed by atoms with van der Waals surface area (Å²) in [5.41, 5.74) is 1.40. The standard InChI is InChI=1S/C18H29BrN2/c1-3-17-10-5-6-12-21(17)13-11-18(20-4-2)15-8-7-9-16(19)14-15/h7-9,14,17-18,20H,3-6,10-13H2,1-2H3. The lowest BCUT2D eigenvalue weighted by Gasteiger charge is -2.36. The van der Waals surface area contributed by atoms with Crippen molar-refractivity contribution in [3.8, 4) is 0 Å². The monoisotopic (exact) mass is 352 g/mol. The number of benzene rings is 1. The Hall–Kier alpha value is -0.380. The van der Waals surface area contributed by atoms with Crippen molar-refractivity contribution >= 4 is 15.9 Å². The lowest BCUT2D eigenvalue weighted by atomic mass is 9.98. The van der Waals surface area contributed by atoms with Gasteiger partial charge < -0.3 is 10.2 Å². The van der Waals surface area contributed by atoms with Gasteiger partial charge in [-0.2, -0.15) is 0 Å². The first kappa shape index (κ1) is 17.0. The van der Waals surface area contributed by atoms with Gasteiger partial charge in [-0.25, -0.2) is 0 Å². The quantitative estimate of drug-likeness (QED) is 0.761. The highest BCUT2D eigenvalue weighted by Gasteiger charge is 2.21. The SMILES string of the molecule is CCNC(CCN1CCCCC1CC)c1cccc(Br)c1. The van der Waals surface area contributed by atoms with Crippen LogP contribution in [0.1, 0.15) is 57.6 Å². The Balaban J connectivity index is 1.96. The van der Waals surface area contributed by atoms with E-state index in [0.717, 1.165) is 12.6 Å². The molecular weight excluding hydrogens is 324 g/mol. The fraction of sp³-hybridized carbons (Fsp3) is 0.667. The minimum absolute atomic E-state index is 0.465. The third kappa shape index (κ3) is 5.08. The first-order valence-electron chi connectivity index (χ1n) is 8.47. The number of hydrogen-bond donors (Lipinski definition) is 1. The Labute approximate surface area is 138 Å². The zero-order valence-electron chi connectivity index (χ0n) is 13.4. The Morgan fingerprint density at radius 2 is 2.19 bits per heavy atom. The van der Waals surface area contributed by atoms with Crippen LogP contribution in [0.5, 0.6) is 0 Å². The average Bonchev–Trinajstić information content (AvgIpc) is 2.51. The molecule has 2 rings (SSSR count). The fourth-order valence-electron chi connectivity index (χ4n) is 3.47. The molecule has 0 aliphatic carbocycles. The number of hydrogen-bond acceptors (Lipinski definition) is 2. The molecule has 0 radical (unpaired) electrons. The molecule has 0 saturated carbocycles. The number of rotatable bonds is 7. The zero-order valence-corrected chi connectivity index (χ0v) is 15.0. The molecule has 0 spiro atoms. The summed E-state index contributed by atoms with van der Waals surface area (Å²) < 4.78 is 1.17. The van der Waals surface area contributed by atoms with E-state index in [1.807, 2.05) is 0 Å². The molecule has 1 aromatic rings. The van der Waals surface area contributed by atoms with Crippen LogP contribution in [0.15, 0.2) is 28.7 Å². The second-order valence-electron chi connectivity index (χ2n) is 6.05. The Kier molecular flexibility index (Phi) is 7.21. The molecule has 0 bridgehead atoms. The lowest BCUT2D eigenvalue weighted by molar-refractivity contribution is 0.137. The minimum Gasteiger partial charge on any atom is -0.310 e. The first-order valence-corrected chi connectivity index (χ1v) is 9.26. The number of likely N-dealkylation sites (tertiary alicyclic amines) is 1. The maximum atomic E-state index is 3.65. The van der Waals surface area contributed by atoms with E-state index >= 15 is 0 Å². The van der Waals surface area contributed by atoms with Gasteiger partial charge in [0.05, 0.1) is 0 Å². The topological polar surface area (TPSA) is 15.3 Å². The molecule has 1 aliphatic rings. The van der Waals surface area contributed by atoms with Gasteiger partial charge in [0, 0.05) is 23.1 Å². The van der Waals surface area contributed by atoms with Gasteiger partial charge in [-0.1, -0.05) is 48.3 Å². The highest BCUT2D eigenvalue weighted by Crippen LogP contribution is 2.24. The number of nitrogens with zero attached hydrogens (tertiary/aromatic N) is 1. The van der Waals surface area contributed by atoms with E-state index in [1.54, 1.807) is 0 Å². The summed E-state index contributed by atoms with van der Waals surface area (Å²) in [6.45, 7) is 8.05. The van der Waals surface area contributed by atoms with Crippen molar-refractivity contribution in [2.24, 2.45) is 0 Å². The highest BCUT2D eigenvalue weighted by atomic mass is 79.9. The molecule has 2 nitrogen and oxygen atoms in total. The molecule has 1 aliphatic heterocycles. The molecule has 1 heterocycles. The fourth-order valence-corrected chi connectivity index (χ4v) is 3.88. The van der Waals surface area contributed by atoms with Crippen molar-refractivity contribution in [1.82, 2.24) is 10.2 Å². The van der Waals surface area contributed by atoms with Gasteiger partial charge in [0.25, 0.3) is 0 Å². The van der Waals surface area contributed by atoms with Crippen molar-refractivity contribution in [3.63, 3.8) is 0 Å². The molecule has 1 aromatic carbocycles. The molecule has 1 saturated heterocycles. The molecule has 2 unspecified atom stereocenters. The Bertz CT molecular complexity index is 421. The van der Waals surface area contributed by atoms with Gasteiger partial charge in [-0.15, -0.1) is 0 Å². The summed E-state index contributed by atoms with van der Waals surface area (Å²) >= 11 is 3.59. The van der Waals surface area contributed by atoms with Crippen LogP contribution >= 0.6 is 15.9 Å².